The summed E-state index contributed by atoms with van der Waals surface area (Å²) in [4.78, 5) is 5.07. The van der Waals surface area contributed by atoms with Crippen LogP contribution >= 0.6 is 0 Å². The minimum atomic E-state index is 1.26. The summed E-state index contributed by atoms with van der Waals surface area (Å²) in [5, 5.41) is 0. The van der Waals surface area contributed by atoms with Gasteiger partial charge in [-0.2, -0.15) is 0 Å². The van der Waals surface area contributed by atoms with Crippen LogP contribution in [0.2, 0.25) is 0 Å². The first-order chi connectivity index (χ1) is 6.88. The van der Waals surface area contributed by atoms with E-state index in [2.05, 4.69) is 25.4 Å². The predicted molar refractivity (Wildman–Crippen MR) is 61.6 cm³/mol. The number of rotatable bonds is 2. The van der Waals surface area contributed by atoms with E-state index in [-0.39, 0.29) is 0 Å². The quantitative estimate of drug-likeness (QED) is 0.688. The Balaban J connectivity index is 1.85. The zero-order valence-electron chi connectivity index (χ0n) is 8.87. The Morgan fingerprint density at radius 1 is 0.643 bits per heavy atom. The third-order valence-corrected chi connectivity index (χ3v) is 4.34. The topological polar surface area (TPSA) is 6.48 Å². The fourth-order valence-electron chi connectivity index (χ4n) is 2.37. The zero-order valence-corrected chi connectivity index (χ0v) is 10.6. The molecule has 0 amide bonds. The standard InChI is InChI=1S/C11H20N2Se/c14-11(12-7-3-1-4-8-12)13-9-5-2-6-10-13/h1-10H2. The van der Waals surface area contributed by atoms with Crippen molar-refractivity contribution in [3.63, 3.8) is 0 Å². The van der Waals surface area contributed by atoms with Crippen LogP contribution in [0.25, 0.3) is 0 Å². The van der Waals surface area contributed by atoms with Crippen LogP contribution in [0.1, 0.15) is 38.5 Å². The molecule has 0 aromatic heterocycles. The van der Waals surface area contributed by atoms with Gasteiger partial charge in [-0.1, -0.05) is 0 Å². The van der Waals surface area contributed by atoms with Gasteiger partial charge in [-0.25, -0.2) is 0 Å². The van der Waals surface area contributed by atoms with Crippen molar-refractivity contribution >= 4 is 20.2 Å². The van der Waals surface area contributed by atoms with Gasteiger partial charge in [-0.05, 0) is 0 Å². The van der Waals surface area contributed by atoms with Crippen LogP contribution in [0.3, 0.4) is 0 Å². The van der Waals surface area contributed by atoms with Gasteiger partial charge in [0.05, 0.1) is 0 Å². The van der Waals surface area contributed by atoms with Gasteiger partial charge in [0.1, 0.15) is 0 Å². The van der Waals surface area contributed by atoms with Crippen molar-refractivity contribution in [3.8, 4) is 0 Å². The predicted octanol–water partition coefficient (Wildman–Crippen LogP) is 1.21. The van der Waals surface area contributed by atoms with Crippen molar-refractivity contribution in [3.05, 3.63) is 0 Å². The molecule has 0 spiro atoms. The van der Waals surface area contributed by atoms with Gasteiger partial charge in [0, 0.05) is 0 Å². The van der Waals surface area contributed by atoms with Crippen molar-refractivity contribution in [1.82, 2.24) is 9.80 Å². The Kier molecular flexibility index (Phi) is 3.89. The van der Waals surface area contributed by atoms with Gasteiger partial charge >= 0.3 is 94.7 Å². The Labute approximate surface area is 95.0 Å². The number of nitrogens with zero attached hydrogens (tertiary/aromatic N) is 2. The summed E-state index contributed by atoms with van der Waals surface area (Å²) in [6.07, 6.45) is 8.34. The fraction of sp³-hybridized carbons (Fsp3) is 0.909. The first kappa shape index (κ1) is 10.5. The second-order valence-corrected chi connectivity index (χ2v) is 5.14. The van der Waals surface area contributed by atoms with Crippen LogP contribution < -0.4 is 0 Å². The summed E-state index contributed by atoms with van der Waals surface area (Å²) in [6.45, 7) is 5.05. The molecule has 2 rings (SSSR count). The summed E-state index contributed by atoms with van der Waals surface area (Å²) in [7, 11) is 0. The molecule has 2 aliphatic rings. The molecule has 0 radical (unpaired) electrons. The molecule has 0 saturated carbocycles. The average Bonchev–Trinajstić information content (AvgIpc) is 2.30. The minimum absolute atomic E-state index is 1.26. The molecule has 2 fully saturated rings. The second kappa shape index (κ2) is 5.18. The molecule has 0 aromatic rings. The molecule has 2 saturated heterocycles. The van der Waals surface area contributed by atoms with E-state index in [1.807, 2.05) is 0 Å². The van der Waals surface area contributed by atoms with Crippen molar-refractivity contribution in [2.45, 2.75) is 38.5 Å². The Hall–Kier alpha value is -0.0105. The molecule has 0 aromatic carbocycles. The number of likely N-dealkylation sites (tertiary alicyclic amines) is 2. The molecule has 0 atom stereocenters. The van der Waals surface area contributed by atoms with Crippen molar-refractivity contribution < 1.29 is 0 Å². The molecule has 0 bridgehead atoms. The number of piperidine rings is 2. The molecule has 80 valence electrons. The van der Waals surface area contributed by atoms with E-state index in [1.165, 1.54) is 69.4 Å². The molecule has 2 nitrogen and oxygen atoms in total. The molecule has 0 N–H and O–H groups in total. The van der Waals surface area contributed by atoms with E-state index in [0.717, 1.165) is 0 Å². The van der Waals surface area contributed by atoms with E-state index < -0.39 is 0 Å². The Morgan fingerprint density at radius 2 is 1.00 bits per heavy atom. The first-order valence-electron chi connectivity index (χ1n) is 5.92. The number of hydrogen-bond donors (Lipinski definition) is 0. The van der Waals surface area contributed by atoms with E-state index in [0.29, 0.717) is 0 Å². The first-order valence-corrected chi connectivity index (χ1v) is 6.77. The normalized spacial score (nSPS) is 23.7. The summed E-state index contributed by atoms with van der Waals surface area (Å²) in [5.74, 6) is 0. The molecule has 0 aliphatic carbocycles. The monoisotopic (exact) mass is 260 g/mol. The van der Waals surface area contributed by atoms with Gasteiger partial charge in [-0.15, -0.1) is 0 Å². The van der Waals surface area contributed by atoms with Crippen LogP contribution in [0.15, 0.2) is 0 Å². The SMILES string of the molecule is [Se]=C(N1CCCCC1)N1CCCCC1. The van der Waals surface area contributed by atoms with Gasteiger partial charge in [-0.3, -0.25) is 0 Å². The molecule has 2 aliphatic heterocycles. The summed E-state index contributed by atoms with van der Waals surface area (Å²) in [5.41, 5.74) is 0. The molecule has 2 heterocycles. The third kappa shape index (κ3) is 2.52. The maximum atomic E-state index is 3.28. The van der Waals surface area contributed by atoms with Crippen molar-refractivity contribution in [1.29, 1.82) is 0 Å². The molecular weight excluding hydrogens is 239 g/mol. The van der Waals surface area contributed by atoms with Crippen molar-refractivity contribution in [2.24, 2.45) is 0 Å². The summed E-state index contributed by atoms with van der Waals surface area (Å²) in [6, 6.07) is 0. The van der Waals surface area contributed by atoms with Crippen molar-refractivity contribution in [2.75, 3.05) is 26.2 Å². The molecule has 14 heavy (non-hydrogen) atoms. The van der Waals surface area contributed by atoms with Gasteiger partial charge < -0.3 is 0 Å². The fourth-order valence-corrected chi connectivity index (χ4v) is 3.14. The molecule has 0 unspecified atom stereocenters. The Bertz CT molecular complexity index is 173. The van der Waals surface area contributed by atoms with Crippen LogP contribution in [0, 0.1) is 0 Å². The van der Waals surface area contributed by atoms with E-state index in [1.54, 1.807) is 0 Å². The van der Waals surface area contributed by atoms with E-state index in [9.17, 15) is 0 Å². The number of hydrogen-bond acceptors (Lipinski definition) is 2. The van der Waals surface area contributed by atoms with Crippen LogP contribution in [-0.2, 0) is 0 Å². The maximum absolute atomic E-state index is 3.28. The molecular formula is C11H20N2Se. The van der Waals surface area contributed by atoms with Crippen LogP contribution in [0.4, 0.5) is 0 Å². The van der Waals surface area contributed by atoms with Crippen LogP contribution in [-0.4, -0.2) is 56.2 Å². The Morgan fingerprint density at radius 3 is 1.36 bits per heavy atom. The summed E-state index contributed by atoms with van der Waals surface area (Å²) >= 11 is 3.28. The van der Waals surface area contributed by atoms with E-state index >= 15 is 0 Å². The van der Waals surface area contributed by atoms with E-state index in [4.69, 9.17) is 0 Å². The van der Waals surface area contributed by atoms with Gasteiger partial charge in [0.15, 0.2) is 0 Å². The molecule has 3 heteroatoms. The zero-order chi connectivity index (χ0) is 9.80. The van der Waals surface area contributed by atoms with Gasteiger partial charge in [0.25, 0.3) is 0 Å². The average molecular weight is 259 g/mol. The second-order valence-electron chi connectivity index (χ2n) is 4.38. The van der Waals surface area contributed by atoms with Crippen LogP contribution in [0.5, 0.6) is 0 Å². The third-order valence-electron chi connectivity index (χ3n) is 3.25. The van der Waals surface area contributed by atoms with Gasteiger partial charge in [0.2, 0.25) is 0 Å². The summed E-state index contributed by atoms with van der Waals surface area (Å²) < 4.78 is 1.42.